The zero-order valence-electron chi connectivity index (χ0n) is 20.4. The summed E-state index contributed by atoms with van der Waals surface area (Å²) in [4.78, 5) is 49.7. The summed E-state index contributed by atoms with van der Waals surface area (Å²) in [5, 5.41) is 0.268. The van der Waals surface area contributed by atoms with Gasteiger partial charge in [-0.3, -0.25) is 19.4 Å². The Kier molecular flexibility index (Phi) is 5.19. The van der Waals surface area contributed by atoms with Crippen molar-refractivity contribution in [1.82, 2.24) is 4.98 Å². The van der Waals surface area contributed by atoms with Gasteiger partial charge in [-0.1, -0.05) is 66.2 Å². The van der Waals surface area contributed by atoms with Crippen LogP contribution in [0, 0.1) is 11.2 Å². The highest BCUT2D eigenvalue weighted by Gasteiger charge is 2.71. The lowest BCUT2D eigenvalue weighted by Gasteiger charge is -2.37. The number of carbonyl (C=O) groups is 3. The highest BCUT2D eigenvalue weighted by Crippen LogP contribution is 2.61. The molecule has 1 saturated heterocycles. The largest absolute Gasteiger partial charge is 0.352 e. The van der Waals surface area contributed by atoms with Crippen LogP contribution in [-0.2, 0) is 0 Å². The van der Waals surface area contributed by atoms with Crippen molar-refractivity contribution in [3.05, 3.63) is 136 Å². The maximum absolute atomic E-state index is 14.5. The molecule has 2 aliphatic heterocycles. The number of halogens is 2. The third kappa shape index (κ3) is 3.12. The zero-order valence-corrected chi connectivity index (χ0v) is 21.2. The topological polar surface area (TPSA) is 67.3 Å². The first-order valence-corrected chi connectivity index (χ1v) is 13.0. The van der Waals surface area contributed by atoms with Crippen LogP contribution in [0.4, 0.5) is 10.1 Å². The summed E-state index contributed by atoms with van der Waals surface area (Å²) in [6.45, 7) is 0. The van der Waals surface area contributed by atoms with Crippen molar-refractivity contribution < 1.29 is 18.8 Å². The zero-order chi connectivity index (χ0) is 26.9. The minimum Gasteiger partial charge on any atom is -0.352 e. The predicted molar refractivity (Wildman–Crippen MR) is 146 cm³/mol. The van der Waals surface area contributed by atoms with Gasteiger partial charge < -0.3 is 4.90 Å². The maximum Gasteiger partial charge on any atom is 0.187 e. The molecular weight excluding hydrogens is 515 g/mol. The van der Waals surface area contributed by atoms with E-state index in [1.54, 1.807) is 91.3 Å². The fourth-order valence-corrected chi connectivity index (χ4v) is 6.93. The molecule has 1 fully saturated rings. The maximum atomic E-state index is 14.5. The molecule has 5 nitrogen and oxygen atoms in total. The van der Waals surface area contributed by atoms with E-state index < -0.39 is 29.2 Å². The molecule has 0 amide bonds. The van der Waals surface area contributed by atoms with Crippen LogP contribution >= 0.6 is 11.6 Å². The molecule has 0 unspecified atom stereocenters. The first kappa shape index (κ1) is 23.7. The summed E-state index contributed by atoms with van der Waals surface area (Å²) in [5.74, 6) is -2.33. The molecule has 3 atom stereocenters. The van der Waals surface area contributed by atoms with Gasteiger partial charge in [0.05, 0.1) is 11.1 Å². The van der Waals surface area contributed by atoms with E-state index in [-0.39, 0.29) is 27.9 Å². The van der Waals surface area contributed by atoms with Crippen LogP contribution in [0.15, 0.2) is 97.3 Å². The predicted octanol–water partition coefficient (Wildman–Crippen LogP) is 6.19. The lowest BCUT2D eigenvalue weighted by molar-refractivity contribution is 0.0666. The quantitative estimate of drug-likeness (QED) is 0.231. The summed E-state index contributed by atoms with van der Waals surface area (Å²) in [6, 6.07) is 19.6. The lowest BCUT2D eigenvalue weighted by Crippen LogP contribution is -2.48. The Bertz CT molecular complexity index is 1700. The Morgan fingerprint density at radius 3 is 2.33 bits per heavy atom. The van der Waals surface area contributed by atoms with E-state index in [2.05, 4.69) is 4.98 Å². The number of ketones is 3. The van der Waals surface area contributed by atoms with Gasteiger partial charge in [0, 0.05) is 46.3 Å². The van der Waals surface area contributed by atoms with Crippen LogP contribution in [0.3, 0.4) is 0 Å². The fourth-order valence-electron chi connectivity index (χ4n) is 6.70. The summed E-state index contributed by atoms with van der Waals surface area (Å²) < 4.78 is 14.3. The van der Waals surface area contributed by atoms with Crippen molar-refractivity contribution in [2.24, 2.45) is 5.41 Å². The van der Waals surface area contributed by atoms with Gasteiger partial charge in [0.2, 0.25) is 0 Å². The molecule has 0 radical (unpaired) electrons. The smallest absolute Gasteiger partial charge is 0.187 e. The lowest BCUT2D eigenvalue weighted by atomic mass is 9.64. The van der Waals surface area contributed by atoms with Crippen LogP contribution in [0.25, 0.3) is 6.08 Å². The van der Waals surface area contributed by atoms with Gasteiger partial charge in [-0.15, -0.1) is 0 Å². The van der Waals surface area contributed by atoms with E-state index in [4.69, 9.17) is 11.6 Å². The van der Waals surface area contributed by atoms with Gasteiger partial charge in [0.15, 0.2) is 17.3 Å². The number of carbonyl (C=O) groups excluding carboxylic acids is 3. The molecule has 3 aliphatic rings. The van der Waals surface area contributed by atoms with Gasteiger partial charge >= 0.3 is 0 Å². The van der Waals surface area contributed by atoms with Crippen molar-refractivity contribution in [3.8, 4) is 0 Å². The Labute approximate surface area is 228 Å². The molecule has 0 N–H and O–H groups in total. The summed E-state index contributed by atoms with van der Waals surface area (Å²) >= 11 is 6.52. The Morgan fingerprint density at radius 1 is 0.923 bits per heavy atom. The van der Waals surface area contributed by atoms with E-state index in [1.165, 1.54) is 12.1 Å². The molecule has 1 aliphatic carbocycles. The average molecular weight is 535 g/mol. The first-order chi connectivity index (χ1) is 18.9. The molecule has 0 bridgehead atoms. The molecule has 3 aromatic carbocycles. The van der Waals surface area contributed by atoms with Crippen molar-refractivity contribution >= 4 is 40.7 Å². The van der Waals surface area contributed by atoms with Gasteiger partial charge in [-0.05, 0) is 42.0 Å². The Hall–Kier alpha value is -4.42. The molecule has 39 heavy (non-hydrogen) atoms. The van der Waals surface area contributed by atoms with Gasteiger partial charge in [0.25, 0.3) is 0 Å². The summed E-state index contributed by atoms with van der Waals surface area (Å²) in [6.07, 6.45) is 6.70. The summed E-state index contributed by atoms with van der Waals surface area (Å²) in [5.41, 5.74) is 1.02. The molecule has 4 aromatic rings. The number of pyridine rings is 1. The van der Waals surface area contributed by atoms with Crippen LogP contribution in [-0.4, -0.2) is 34.4 Å². The summed E-state index contributed by atoms with van der Waals surface area (Å²) in [7, 11) is 0. The highest BCUT2D eigenvalue weighted by molar-refractivity contribution is 6.35. The number of hydrogen-bond donors (Lipinski definition) is 0. The Balaban J connectivity index is 1.56. The molecule has 1 spiro atoms. The fraction of sp³-hybridized carbons (Fsp3) is 0.125. The number of benzene rings is 3. The molecule has 0 saturated carbocycles. The van der Waals surface area contributed by atoms with Gasteiger partial charge in [0.1, 0.15) is 17.3 Å². The van der Waals surface area contributed by atoms with E-state index in [1.807, 2.05) is 4.90 Å². The molecule has 7 rings (SSSR count). The van der Waals surface area contributed by atoms with Crippen molar-refractivity contribution in [1.29, 1.82) is 0 Å². The Morgan fingerprint density at radius 2 is 1.64 bits per heavy atom. The number of Topliss-reactive ketones (excluding diaryl/α,β-unsaturated/α-hetero) is 3. The van der Waals surface area contributed by atoms with Crippen LogP contribution in [0.5, 0.6) is 0 Å². The van der Waals surface area contributed by atoms with E-state index in [9.17, 15) is 18.8 Å². The van der Waals surface area contributed by atoms with Crippen LogP contribution in [0.1, 0.15) is 48.1 Å². The highest BCUT2D eigenvalue weighted by atomic mass is 35.5. The molecule has 3 heterocycles. The number of anilines is 1. The van der Waals surface area contributed by atoms with Crippen molar-refractivity contribution in [3.63, 3.8) is 0 Å². The number of aromatic nitrogens is 1. The average Bonchev–Trinajstić information content (AvgIpc) is 3.39. The number of nitrogens with zero attached hydrogens (tertiary/aromatic N) is 2. The third-order valence-corrected chi connectivity index (χ3v) is 8.55. The third-order valence-electron chi connectivity index (χ3n) is 8.22. The SMILES string of the molecule is O=C(c1ccccc1Cl)[C@@H]1[C@@H](c2cccnc2)C2(C(=O)c3ccccc3C2=O)[C@@H]2C=Cc3cc(F)ccc3N12. The van der Waals surface area contributed by atoms with E-state index in [0.29, 0.717) is 27.9 Å². The second-order valence-corrected chi connectivity index (χ2v) is 10.4. The normalized spacial score (nSPS) is 22.1. The molecular formula is C32H20ClFN2O3. The molecule has 190 valence electrons. The monoisotopic (exact) mass is 534 g/mol. The first-order valence-electron chi connectivity index (χ1n) is 12.6. The van der Waals surface area contributed by atoms with Crippen LogP contribution in [0.2, 0.25) is 5.02 Å². The van der Waals surface area contributed by atoms with Gasteiger partial charge in [-0.25, -0.2) is 4.39 Å². The van der Waals surface area contributed by atoms with Crippen molar-refractivity contribution in [2.45, 2.75) is 18.0 Å². The standard InChI is InChI=1S/C32H20ClFN2O3/c33-24-10-4-3-9-23(24)29(37)28-27(19-6-5-15-35-17-19)32(30(38)21-7-1-2-8-22(21)31(32)39)26-14-11-18-16-20(34)12-13-25(18)36(26)28/h1-17,26-28H/t26-,27+,28-/m0/s1. The number of fused-ring (bicyclic) bond motifs is 5. The second kappa shape index (κ2) is 8.55. The van der Waals surface area contributed by atoms with Gasteiger partial charge in [-0.2, -0.15) is 0 Å². The van der Waals surface area contributed by atoms with E-state index in [0.717, 1.165) is 0 Å². The molecule has 1 aromatic heterocycles. The van der Waals surface area contributed by atoms with Crippen LogP contribution < -0.4 is 4.90 Å². The molecule has 7 heteroatoms. The number of hydrogen-bond acceptors (Lipinski definition) is 5. The minimum absolute atomic E-state index is 0.268. The number of rotatable bonds is 3. The van der Waals surface area contributed by atoms with E-state index >= 15 is 0 Å². The minimum atomic E-state index is -1.64. The second-order valence-electron chi connectivity index (χ2n) is 10.0. The van der Waals surface area contributed by atoms with Crippen molar-refractivity contribution in [2.75, 3.05) is 4.90 Å².